The standard InChI is InChI=1S/C18H17Cl2NO3/c1-22-16-8-11-6-7-21-14(12(11)9-17(16)23-2)10-24-15-5-3-4-13(19)18(15)20/h3-5,8-9H,6-7,10H2,1-2H3. The lowest BCUT2D eigenvalue weighted by atomic mass is 9.97. The first-order chi connectivity index (χ1) is 11.6. The van der Waals surface area contributed by atoms with Crippen molar-refractivity contribution in [2.75, 3.05) is 27.4 Å². The van der Waals surface area contributed by atoms with Crippen LogP contribution < -0.4 is 14.2 Å². The molecule has 0 spiro atoms. The van der Waals surface area contributed by atoms with Crippen molar-refractivity contribution in [1.82, 2.24) is 0 Å². The zero-order valence-corrected chi connectivity index (χ0v) is 14.9. The van der Waals surface area contributed by atoms with Gasteiger partial charge in [0.15, 0.2) is 11.5 Å². The normalized spacial score (nSPS) is 13.1. The van der Waals surface area contributed by atoms with E-state index in [1.807, 2.05) is 12.1 Å². The summed E-state index contributed by atoms with van der Waals surface area (Å²) in [7, 11) is 3.25. The molecule has 0 saturated carbocycles. The lowest BCUT2D eigenvalue weighted by Gasteiger charge is -2.20. The summed E-state index contributed by atoms with van der Waals surface area (Å²) in [5, 5.41) is 0.870. The van der Waals surface area contributed by atoms with Crippen molar-refractivity contribution in [2.24, 2.45) is 4.99 Å². The predicted octanol–water partition coefficient (Wildman–Crippen LogP) is 4.43. The summed E-state index contributed by atoms with van der Waals surface area (Å²) in [5.74, 6) is 1.93. The minimum Gasteiger partial charge on any atom is -0.493 e. The fraction of sp³-hybridized carbons (Fsp3) is 0.278. The Bertz CT molecular complexity index is 790. The lowest BCUT2D eigenvalue weighted by molar-refractivity contribution is 0.354. The number of hydrogen-bond acceptors (Lipinski definition) is 4. The van der Waals surface area contributed by atoms with Crippen molar-refractivity contribution in [3.05, 3.63) is 51.5 Å². The van der Waals surface area contributed by atoms with Crippen LogP contribution in [-0.2, 0) is 6.42 Å². The molecular formula is C18H17Cl2NO3. The number of aliphatic imine (C=N–C) groups is 1. The van der Waals surface area contributed by atoms with E-state index in [1.54, 1.807) is 32.4 Å². The molecule has 0 aliphatic carbocycles. The molecule has 0 atom stereocenters. The molecule has 2 aromatic carbocycles. The van der Waals surface area contributed by atoms with Crippen molar-refractivity contribution < 1.29 is 14.2 Å². The maximum Gasteiger partial charge on any atom is 0.161 e. The van der Waals surface area contributed by atoms with Crippen LogP contribution in [0.4, 0.5) is 0 Å². The van der Waals surface area contributed by atoms with Gasteiger partial charge in [0.05, 0.1) is 25.0 Å². The first kappa shape index (κ1) is 16.9. The van der Waals surface area contributed by atoms with Gasteiger partial charge in [-0.2, -0.15) is 0 Å². The van der Waals surface area contributed by atoms with Gasteiger partial charge in [0, 0.05) is 12.1 Å². The second-order valence-electron chi connectivity index (χ2n) is 5.28. The molecule has 0 unspecified atom stereocenters. The van der Waals surface area contributed by atoms with Gasteiger partial charge in [0.1, 0.15) is 17.4 Å². The number of hydrogen-bond donors (Lipinski definition) is 0. The summed E-state index contributed by atoms with van der Waals surface area (Å²) in [6, 6.07) is 9.24. The number of methoxy groups -OCH3 is 2. The van der Waals surface area contributed by atoms with Gasteiger partial charge in [-0.05, 0) is 36.2 Å². The predicted molar refractivity (Wildman–Crippen MR) is 96.6 cm³/mol. The Kier molecular flexibility index (Phi) is 5.17. The van der Waals surface area contributed by atoms with Crippen molar-refractivity contribution >= 4 is 28.9 Å². The van der Waals surface area contributed by atoms with Gasteiger partial charge in [-0.1, -0.05) is 29.3 Å². The van der Waals surface area contributed by atoms with Gasteiger partial charge in [-0.15, -0.1) is 0 Å². The first-order valence-electron chi connectivity index (χ1n) is 7.49. The number of halogens is 2. The van der Waals surface area contributed by atoms with Crippen molar-refractivity contribution in [3.8, 4) is 17.2 Å². The molecule has 4 nitrogen and oxygen atoms in total. The Balaban J connectivity index is 1.86. The minimum absolute atomic E-state index is 0.308. The molecule has 126 valence electrons. The van der Waals surface area contributed by atoms with E-state index in [9.17, 15) is 0 Å². The molecule has 0 amide bonds. The SMILES string of the molecule is COc1cc2c(cc1OC)C(COc1cccc(Cl)c1Cl)=NCC2. The highest BCUT2D eigenvalue weighted by atomic mass is 35.5. The summed E-state index contributed by atoms with van der Waals surface area (Å²) in [5.41, 5.74) is 3.03. The van der Waals surface area contributed by atoms with E-state index >= 15 is 0 Å². The smallest absolute Gasteiger partial charge is 0.161 e. The molecule has 0 saturated heterocycles. The highest BCUT2D eigenvalue weighted by Crippen LogP contribution is 2.34. The molecule has 2 aromatic rings. The molecule has 1 heterocycles. The van der Waals surface area contributed by atoms with Crippen molar-refractivity contribution in [2.45, 2.75) is 6.42 Å². The number of rotatable bonds is 5. The van der Waals surface area contributed by atoms with Gasteiger partial charge < -0.3 is 14.2 Å². The second kappa shape index (κ2) is 7.32. The number of ether oxygens (including phenoxy) is 3. The van der Waals surface area contributed by atoms with E-state index in [2.05, 4.69) is 4.99 Å². The summed E-state index contributed by atoms with van der Waals surface area (Å²) in [6.45, 7) is 1.02. The number of fused-ring (bicyclic) bond motifs is 1. The van der Waals surface area contributed by atoms with E-state index in [0.29, 0.717) is 34.7 Å². The maximum atomic E-state index is 6.17. The Labute approximate surface area is 151 Å². The van der Waals surface area contributed by atoms with Crippen LogP contribution in [0.3, 0.4) is 0 Å². The van der Waals surface area contributed by atoms with E-state index in [0.717, 1.165) is 23.4 Å². The van der Waals surface area contributed by atoms with Crippen molar-refractivity contribution in [3.63, 3.8) is 0 Å². The van der Waals surface area contributed by atoms with E-state index in [4.69, 9.17) is 37.4 Å². The molecule has 0 radical (unpaired) electrons. The second-order valence-corrected chi connectivity index (χ2v) is 6.07. The zero-order valence-electron chi connectivity index (χ0n) is 13.4. The van der Waals surface area contributed by atoms with Gasteiger partial charge in [-0.25, -0.2) is 0 Å². The molecule has 1 aliphatic rings. The molecule has 24 heavy (non-hydrogen) atoms. The summed E-state index contributed by atoms with van der Waals surface area (Å²) in [6.07, 6.45) is 0.858. The van der Waals surface area contributed by atoms with Gasteiger partial charge in [0.25, 0.3) is 0 Å². The van der Waals surface area contributed by atoms with Crippen LogP contribution >= 0.6 is 23.2 Å². The third-order valence-electron chi connectivity index (χ3n) is 3.88. The summed E-state index contributed by atoms with van der Waals surface area (Å²) >= 11 is 12.2. The lowest BCUT2D eigenvalue weighted by Crippen LogP contribution is -2.20. The molecule has 0 fully saturated rings. The highest BCUT2D eigenvalue weighted by molar-refractivity contribution is 6.42. The van der Waals surface area contributed by atoms with Crippen LogP contribution in [0.25, 0.3) is 0 Å². The molecule has 0 bridgehead atoms. The fourth-order valence-electron chi connectivity index (χ4n) is 2.66. The zero-order chi connectivity index (χ0) is 17.1. The molecular weight excluding hydrogens is 349 g/mol. The third kappa shape index (κ3) is 3.30. The highest BCUT2D eigenvalue weighted by Gasteiger charge is 2.19. The van der Waals surface area contributed by atoms with Crippen LogP contribution in [0.15, 0.2) is 35.3 Å². The molecule has 3 rings (SSSR count). The Morgan fingerprint density at radius 3 is 2.54 bits per heavy atom. The van der Waals surface area contributed by atoms with Crippen LogP contribution in [0.1, 0.15) is 11.1 Å². The minimum atomic E-state index is 0.308. The van der Waals surface area contributed by atoms with E-state index in [-0.39, 0.29) is 0 Å². The molecule has 6 heteroatoms. The van der Waals surface area contributed by atoms with E-state index in [1.165, 1.54) is 5.56 Å². The van der Waals surface area contributed by atoms with Crippen molar-refractivity contribution in [1.29, 1.82) is 0 Å². The third-order valence-corrected chi connectivity index (χ3v) is 4.69. The average Bonchev–Trinajstić information content (AvgIpc) is 2.61. The Hall–Kier alpha value is -1.91. The maximum absolute atomic E-state index is 6.17. The monoisotopic (exact) mass is 365 g/mol. The molecule has 0 aromatic heterocycles. The van der Waals surface area contributed by atoms with E-state index < -0.39 is 0 Å². The van der Waals surface area contributed by atoms with Crippen LogP contribution in [0, 0.1) is 0 Å². The van der Waals surface area contributed by atoms with Crippen LogP contribution in [0.5, 0.6) is 17.2 Å². The number of benzene rings is 2. The van der Waals surface area contributed by atoms with Crippen LogP contribution in [0.2, 0.25) is 10.0 Å². The summed E-state index contributed by atoms with van der Waals surface area (Å²) in [4.78, 5) is 4.59. The van der Waals surface area contributed by atoms with Gasteiger partial charge in [-0.3, -0.25) is 4.99 Å². The average molecular weight is 366 g/mol. The largest absolute Gasteiger partial charge is 0.493 e. The summed E-state index contributed by atoms with van der Waals surface area (Å²) < 4.78 is 16.6. The first-order valence-corrected chi connectivity index (χ1v) is 8.25. The Morgan fingerprint density at radius 1 is 1.04 bits per heavy atom. The molecule has 1 aliphatic heterocycles. The topological polar surface area (TPSA) is 40.0 Å². The molecule has 0 N–H and O–H groups in total. The fourth-order valence-corrected chi connectivity index (χ4v) is 3.00. The van der Waals surface area contributed by atoms with Gasteiger partial charge in [0.2, 0.25) is 0 Å². The quantitative estimate of drug-likeness (QED) is 0.786. The number of nitrogens with zero attached hydrogens (tertiary/aromatic N) is 1. The van der Waals surface area contributed by atoms with Crippen LogP contribution in [-0.4, -0.2) is 33.1 Å². The Morgan fingerprint density at radius 2 is 1.79 bits per heavy atom. The van der Waals surface area contributed by atoms with Gasteiger partial charge >= 0.3 is 0 Å².